The molecule has 3 fully saturated rings. The fraction of sp³-hybridized carbons (Fsp3) is 0.679. The summed E-state index contributed by atoms with van der Waals surface area (Å²) in [5.74, 6) is -0.885. The van der Waals surface area contributed by atoms with Gasteiger partial charge in [0.05, 0.1) is 25.9 Å². The summed E-state index contributed by atoms with van der Waals surface area (Å²) in [4.78, 5) is 42.0. The van der Waals surface area contributed by atoms with Crippen LogP contribution in [0.4, 0.5) is 0 Å². The van der Waals surface area contributed by atoms with Crippen molar-refractivity contribution in [3.63, 3.8) is 0 Å². The van der Waals surface area contributed by atoms with Gasteiger partial charge in [-0.2, -0.15) is 0 Å². The van der Waals surface area contributed by atoms with Gasteiger partial charge in [0, 0.05) is 32.7 Å². The number of rotatable bonds is 11. The number of aryl methyl sites for hydroxylation is 1. The number of hydrogen-bond acceptors (Lipinski definition) is 9. The molecule has 0 saturated carbocycles. The minimum Gasteiger partial charge on any atom is -0.465 e. The van der Waals surface area contributed by atoms with Crippen LogP contribution in [0.2, 0.25) is 0 Å². The molecule has 210 valence electrons. The number of benzene rings is 1. The standard InChI is InChI=1S/C28H42N4O6/c1-2-37-27(34)24(13-12-22-8-4-3-5-9-22)29-23-10-6-14-31-15-7-11-25(32(31)26(23)33)28(35)38-21-18-30-16-19-36-20-17-30/h3-5,8-9,23-25,29H,2,6-7,10-21H2,1H3. The smallest absolute Gasteiger partial charge is 0.330 e. The van der Waals surface area contributed by atoms with E-state index in [9.17, 15) is 14.4 Å². The highest BCUT2D eigenvalue weighted by atomic mass is 16.5. The first-order chi connectivity index (χ1) is 18.6. The maximum atomic E-state index is 13.8. The number of amides is 1. The minimum atomic E-state index is -0.645. The van der Waals surface area contributed by atoms with Gasteiger partial charge in [0.15, 0.2) is 0 Å². The molecule has 0 aliphatic carbocycles. The van der Waals surface area contributed by atoms with Crippen molar-refractivity contribution in [1.29, 1.82) is 0 Å². The molecule has 10 heteroatoms. The summed E-state index contributed by atoms with van der Waals surface area (Å²) in [5.41, 5.74) is 1.12. The monoisotopic (exact) mass is 530 g/mol. The molecule has 38 heavy (non-hydrogen) atoms. The van der Waals surface area contributed by atoms with Gasteiger partial charge in [0.1, 0.15) is 18.7 Å². The Morgan fingerprint density at radius 3 is 2.53 bits per heavy atom. The number of fused-ring (bicyclic) bond motifs is 1. The first kappa shape index (κ1) is 28.5. The lowest BCUT2D eigenvalue weighted by Crippen LogP contribution is -2.62. The van der Waals surface area contributed by atoms with Crippen LogP contribution in [0, 0.1) is 0 Å². The molecule has 1 aromatic carbocycles. The predicted molar refractivity (Wildman–Crippen MR) is 141 cm³/mol. The lowest BCUT2D eigenvalue weighted by molar-refractivity contribution is -0.178. The van der Waals surface area contributed by atoms with Crippen LogP contribution >= 0.6 is 0 Å². The third-order valence-electron chi connectivity index (χ3n) is 7.49. The Kier molecular flexibility index (Phi) is 10.9. The number of ether oxygens (including phenoxy) is 3. The van der Waals surface area contributed by atoms with Crippen molar-refractivity contribution in [3.8, 4) is 0 Å². The van der Waals surface area contributed by atoms with Crippen LogP contribution in [0.3, 0.4) is 0 Å². The van der Waals surface area contributed by atoms with Crippen molar-refractivity contribution in [2.45, 2.75) is 63.6 Å². The third kappa shape index (κ3) is 7.75. The van der Waals surface area contributed by atoms with E-state index in [4.69, 9.17) is 14.2 Å². The average molecular weight is 531 g/mol. The van der Waals surface area contributed by atoms with Gasteiger partial charge in [-0.15, -0.1) is 0 Å². The van der Waals surface area contributed by atoms with Crippen molar-refractivity contribution in [3.05, 3.63) is 35.9 Å². The SMILES string of the molecule is CCOC(=O)C(CCc1ccccc1)NC1CCCN2CCCC(C(=O)OCCN3CCOCC3)N2C1=O. The van der Waals surface area contributed by atoms with Crippen LogP contribution in [-0.2, 0) is 35.0 Å². The molecule has 3 atom stereocenters. The number of nitrogens with one attached hydrogen (secondary N) is 1. The van der Waals surface area contributed by atoms with Crippen LogP contribution in [0.25, 0.3) is 0 Å². The number of nitrogens with zero attached hydrogens (tertiary/aromatic N) is 3. The normalized spacial score (nSPS) is 23.8. The molecule has 0 spiro atoms. The van der Waals surface area contributed by atoms with Crippen LogP contribution in [0.15, 0.2) is 30.3 Å². The van der Waals surface area contributed by atoms with E-state index in [1.54, 1.807) is 11.9 Å². The van der Waals surface area contributed by atoms with E-state index >= 15 is 0 Å². The molecule has 3 unspecified atom stereocenters. The van der Waals surface area contributed by atoms with E-state index in [-0.39, 0.29) is 24.5 Å². The molecule has 3 aliphatic heterocycles. The second-order valence-corrected chi connectivity index (χ2v) is 10.1. The van der Waals surface area contributed by atoms with Crippen molar-refractivity contribution in [2.24, 2.45) is 0 Å². The van der Waals surface area contributed by atoms with Crippen LogP contribution in [0.5, 0.6) is 0 Å². The molecule has 1 N–H and O–H groups in total. The summed E-state index contributed by atoms with van der Waals surface area (Å²) < 4.78 is 16.4. The number of esters is 2. The zero-order valence-corrected chi connectivity index (χ0v) is 22.5. The van der Waals surface area contributed by atoms with Crippen molar-refractivity contribution in [2.75, 3.05) is 59.2 Å². The summed E-state index contributed by atoms with van der Waals surface area (Å²) in [6, 6.07) is 8.13. The third-order valence-corrected chi connectivity index (χ3v) is 7.49. The van der Waals surface area contributed by atoms with Crippen molar-refractivity contribution in [1.82, 2.24) is 20.2 Å². The summed E-state index contributed by atoms with van der Waals surface area (Å²) in [7, 11) is 0. The van der Waals surface area contributed by atoms with Crippen molar-refractivity contribution >= 4 is 17.8 Å². The van der Waals surface area contributed by atoms with Crippen molar-refractivity contribution < 1.29 is 28.6 Å². The highest BCUT2D eigenvalue weighted by molar-refractivity contribution is 5.88. The Balaban J connectivity index is 1.40. The molecular formula is C28H42N4O6. The molecule has 0 aromatic heterocycles. The van der Waals surface area contributed by atoms with Gasteiger partial charge >= 0.3 is 11.9 Å². The first-order valence-corrected chi connectivity index (χ1v) is 14.1. The highest BCUT2D eigenvalue weighted by Crippen LogP contribution is 2.25. The summed E-state index contributed by atoms with van der Waals surface area (Å²) >= 11 is 0. The zero-order valence-electron chi connectivity index (χ0n) is 22.5. The van der Waals surface area contributed by atoms with E-state index in [0.717, 1.165) is 38.0 Å². The van der Waals surface area contributed by atoms with Gasteiger partial charge in [-0.25, -0.2) is 9.80 Å². The first-order valence-electron chi connectivity index (χ1n) is 14.1. The van der Waals surface area contributed by atoms with E-state index in [1.807, 2.05) is 35.3 Å². The molecule has 10 nitrogen and oxygen atoms in total. The Morgan fingerprint density at radius 1 is 1.05 bits per heavy atom. The quantitative estimate of drug-likeness (QED) is 0.426. The number of hydrogen-bond donors (Lipinski definition) is 1. The number of morpholine rings is 1. The van der Waals surface area contributed by atoms with Crippen LogP contribution < -0.4 is 5.32 Å². The second-order valence-electron chi connectivity index (χ2n) is 10.1. The lowest BCUT2D eigenvalue weighted by atomic mass is 10.0. The molecule has 3 saturated heterocycles. The molecule has 0 bridgehead atoms. The van der Waals surface area contributed by atoms with E-state index in [1.165, 1.54) is 0 Å². The number of carbonyl (C=O) groups excluding carboxylic acids is 3. The molecule has 1 aromatic rings. The average Bonchev–Trinajstić information content (AvgIpc) is 3.10. The molecule has 3 aliphatic rings. The topological polar surface area (TPSA) is 101 Å². The van der Waals surface area contributed by atoms with Gasteiger partial charge in [-0.1, -0.05) is 30.3 Å². The number of hydrazine groups is 1. The number of carbonyl (C=O) groups is 3. The maximum absolute atomic E-state index is 13.8. The van der Waals surface area contributed by atoms with Gasteiger partial charge in [0.25, 0.3) is 5.91 Å². The van der Waals surface area contributed by atoms with E-state index in [0.29, 0.717) is 58.6 Å². The van der Waals surface area contributed by atoms with Gasteiger partial charge in [0.2, 0.25) is 0 Å². The Bertz CT molecular complexity index is 910. The predicted octanol–water partition coefficient (Wildman–Crippen LogP) is 1.39. The van der Waals surface area contributed by atoms with E-state index in [2.05, 4.69) is 10.2 Å². The fourth-order valence-electron chi connectivity index (χ4n) is 5.45. The van der Waals surface area contributed by atoms with Gasteiger partial charge < -0.3 is 14.2 Å². The van der Waals surface area contributed by atoms with Crippen LogP contribution in [0.1, 0.15) is 44.6 Å². The summed E-state index contributed by atoms with van der Waals surface area (Å²) in [6.07, 6.45) is 3.97. The Morgan fingerprint density at radius 2 is 1.79 bits per heavy atom. The Labute approximate surface area is 225 Å². The zero-order chi connectivity index (χ0) is 26.7. The summed E-state index contributed by atoms with van der Waals surface area (Å²) in [6.45, 7) is 7.48. The molecule has 3 heterocycles. The largest absolute Gasteiger partial charge is 0.465 e. The molecule has 0 radical (unpaired) electrons. The molecule has 4 rings (SSSR count). The van der Waals surface area contributed by atoms with Gasteiger partial charge in [-0.05, 0) is 51.0 Å². The van der Waals surface area contributed by atoms with Gasteiger partial charge in [-0.3, -0.25) is 24.8 Å². The fourth-order valence-corrected chi connectivity index (χ4v) is 5.45. The van der Waals surface area contributed by atoms with Crippen LogP contribution in [-0.4, -0.2) is 110 Å². The molecular weight excluding hydrogens is 488 g/mol. The summed E-state index contributed by atoms with van der Waals surface area (Å²) in [5, 5.41) is 6.92. The maximum Gasteiger partial charge on any atom is 0.330 e. The highest BCUT2D eigenvalue weighted by Gasteiger charge is 2.43. The van der Waals surface area contributed by atoms with E-state index < -0.39 is 18.1 Å². The minimum absolute atomic E-state index is 0.175. The lowest BCUT2D eigenvalue weighted by Gasteiger charge is -2.43. The molecule has 1 amide bonds. The second kappa shape index (κ2) is 14.6. The Hall–Kier alpha value is -2.53.